The van der Waals surface area contributed by atoms with Crippen LogP contribution in [-0.2, 0) is 6.18 Å². The van der Waals surface area contributed by atoms with Crippen LogP contribution in [-0.4, -0.2) is 11.5 Å². The normalized spacial score (nSPS) is 10.8. The topological polar surface area (TPSA) is 24.9 Å². The molecule has 0 spiro atoms. The van der Waals surface area contributed by atoms with Crippen LogP contribution in [0.4, 0.5) is 19.0 Å². The number of hydrogen-bond acceptors (Lipinski definition) is 2. The highest BCUT2D eigenvalue weighted by molar-refractivity contribution is 5.85. The molecular weight excluding hydrogens is 241 g/mol. The molecule has 1 heterocycles. The maximum atomic E-state index is 12.3. The average molecular weight is 255 g/mol. The fourth-order valence-electron chi connectivity index (χ4n) is 1.08. The average Bonchev–Trinajstić information content (AvgIpc) is 2.17. The zero-order valence-electron chi connectivity index (χ0n) is 8.84. The van der Waals surface area contributed by atoms with Crippen LogP contribution in [0.1, 0.15) is 25.5 Å². The lowest BCUT2D eigenvalue weighted by Gasteiger charge is -2.08. The van der Waals surface area contributed by atoms with Gasteiger partial charge in [0.25, 0.3) is 0 Å². The number of pyridine rings is 1. The van der Waals surface area contributed by atoms with Crippen LogP contribution in [0, 0.1) is 0 Å². The lowest BCUT2D eigenvalue weighted by Crippen LogP contribution is -2.10. The molecule has 6 heteroatoms. The minimum Gasteiger partial charge on any atom is -0.370 e. The Kier molecular flexibility index (Phi) is 6.18. The SMILES string of the molecule is CCCCNc1cccc(C(F)(F)F)n1.Cl. The third-order valence-electron chi connectivity index (χ3n) is 1.88. The molecule has 1 N–H and O–H groups in total. The van der Waals surface area contributed by atoms with Crippen LogP contribution >= 0.6 is 12.4 Å². The second-order valence-electron chi connectivity index (χ2n) is 3.19. The number of hydrogen-bond donors (Lipinski definition) is 1. The lowest BCUT2D eigenvalue weighted by molar-refractivity contribution is -0.141. The molecule has 0 fully saturated rings. The van der Waals surface area contributed by atoms with Gasteiger partial charge in [0.05, 0.1) is 0 Å². The Balaban J connectivity index is 0.00000225. The standard InChI is InChI=1S/C10H13F3N2.ClH/c1-2-3-7-14-9-6-4-5-8(15-9)10(11,12)13;/h4-6H,2-3,7H2,1H3,(H,14,15);1H. The Bertz CT molecular complexity index is 315. The monoisotopic (exact) mass is 254 g/mol. The molecule has 0 amide bonds. The summed E-state index contributed by atoms with van der Waals surface area (Å²) in [4.78, 5) is 3.48. The number of rotatable bonds is 4. The Labute approximate surface area is 98.7 Å². The van der Waals surface area contributed by atoms with E-state index in [1.807, 2.05) is 6.92 Å². The highest BCUT2D eigenvalue weighted by Gasteiger charge is 2.32. The van der Waals surface area contributed by atoms with Crippen LogP contribution < -0.4 is 5.32 Å². The molecule has 0 aliphatic rings. The van der Waals surface area contributed by atoms with Gasteiger partial charge in [-0.25, -0.2) is 4.98 Å². The predicted octanol–water partition coefficient (Wildman–Crippen LogP) is 3.73. The van der Waals surface area contributed by atoms with Crippen molar-refractivity contribution < 1.29 is 13.2 Å². The fraction of sp³-hybridized carbons (Fsp3) is 0.500. The first-order chi connectivity index (χ1) is 7.04. The molecule has 0 aliphatic carbocycles. The number of nitrogens with zero attached hydrogens (tertiary/aromatic N) is 1. The summed E-state index contributed by atoms with van der Waals surface area (Å²) < 4.78 is 36.8. The summed E-state index contributed by atoms with van der Waals surface area (Å²) in [5.41, 5.74) is -0.857. The van der Waals surface area contributed by atoms with E-state index in [9.17, 15) is 13.2 Å². The number of anilines is 1. The van der Waals surface area contributed by atoms with Gasteiger partial charge in [-0.2, -0.15) is 13.2 Å². The Morgan fingerprint density at radius 1 is 1.31 bits per heavy atom. The quantitative estimate of drug-likeness (QED) is 0.828. The van der Waals surface area contributed by atoms with Crippen molar-refractivity contribution in [3.63, 3.8) is 0 Å². The highest BCUT2D eigenvalue weighted by Crippen LogP contribution is 2.28. The minimum atomic E-state index is -4.37. The second-order valence-corrected chi connectivity index (χ2v) is 3.19. The second kappa shape index (κ2) is 6.58. The van der Waals surface area contributed by atoms with Crippen LogP contribution in [0.25, 0.3) is 0 Å². The van der Waals surface area contributed by atoms with Crippen LogP contribution in [0.2, 0.25) is 0 Å². The first-order valence-electron chi connectivity index (χ1n) is 4.82. The third-order valence-corrected chi connectivity index (χ3v) is 1.88. The molecule has 0 radical (unpaired) electrons. The lowest BCUT2D eigenvalue weighted by atomic mass is 10.3. The van der Waals surface area contributed by atoms with E-state index in [2.05, 4.69) is 10.3 Å². The molecule has 0 aromatic carbocycles. The zero-order valence-corrected chi connectivity index (χ0v) is 9.66. The predicted molar refractivity (Wildman–Crippen MR) is 59.9 cm³/mol. The van der Waals surface area contributed by atoms with Crippen molar-refractivity contribution in [1.29, 1.82) is 0 Å². The molecule has 1 aromatic heterocycles. The molecule has 0 bridgehead atoms. The van der Waals surface area contributed by atoms with Gasteiger partial charge in [-0.05, 0) is 18.6 Å². The first kappa shape index (κ1) is 15.0. The Morgan fingerprint density at radius 3 is 2.56 bits per heavy atom. The van der Waals surface area contributed by atoms with Gasteiger partial charge in [0.15, 0.2) is 0 Å². The summed E-state index contributed by atoms with van der Waals surface area (Å²) in [5.74, 6) is 0.276. The van der Waals surface area contributed by atoms with Crippen LogP contribution in [0.15, 0.2) is 18.2 Å². The van der Waals surface area contributed by atoms with Gasteiger partial charge in [0, 0.05) is 6.54 Å². The van der Waals surface area contributed by atoms with Crippen molar-refractivity contribution in [2.45, 2.75) is 25.9 Å². The van der Waals surface area contributed by atoms with Crippen molar-refractivity contribution >= 4 is 18.2 Å². The molecule has 0 aliphatic heterocycles. The summed E-state index contributed by atoms with van der Waals surface area (Å²) in [5, 5.41) is 2.85. The minimum absolute atomic E-state index is 0. The molecule has 1 aromatic rings. The van der Waals surface area contributed by atoms with Gasteiger partial charge in [-0.15, -0.1) is 12.4 Å². The summed E-state index contributed by atoms with van der Waals surface area (Å²) in [6.07, 6.45) is -2.47. The van der Waals surface area contributed by atoms with Crippen molar-refractivity contribution in [3.8, 4) is 0 Å². The molecule has 0 saturated heterocycles. The molecule has 0 atom stereocenters. The van der Waals surface area contributed by atoms with Gasteiger partial charge in [-0.3, -0.25) is 0 Å². The van der Waals surface area contributed by atoms with Gasteiger partial charge < -0.3 is 5.32 Å². The highest BCUT2D eigenvalue weighted by atomic mass is 35.5. The van der Waals surface area contributed by atoms with Gasteiger partial charge in [-0.1, -0.05) is 19.4 Å². The van der Waals surface area contributed by atoms with E-state index in [-0.39, 0.29) is 18.2 Å². The molecule has 1 rings (SSSR count). The van der Waals surface area contributed by atoms with E-state index in [1.165, 1.54) is 12.1 Å². The van der Waals surface area contributed by atoms with E-state index in [0.717, 1.165) is 18.9 Å². The van der Waals surface area contributed by atoms with Crippen LogP contribution in [0.3, 0.4) is 0 Å². The van der Waals surface area contributed by atoms with Crippen molar-refractivity contribution in [2.75, 3.05) is 11.9 Å². The third kappa shape index (κ3) is 4.70. The largest absolute Gasteiger partial charge is 0.433 e. The van der Waals surface area contributed by atoms with E-state index in [4.69, 9.17) is 0 Å². The summed E-state index contributed by atoms with van der Waals surface area (Å²) >= 11 is 0. The smallest absolute Gasteiger partial charge is 0.370 e. The maximum absolute atomic E-state index is 12.3. The molecule has 16 heavy (non-hydrogen) atoms. The molecule has 2 nitrogen and oxygen atoms in total. The van der Waals surface area contributed by atoms with Gasteiger partial charge in [0.2, 0.25) is 0 Å². The van der Waals surface area contributed by atoms with Gasteiger partial charge in [0.1, 0.15) is 11.5 Å². The number of halogens is 4. The van der Waals surface area contributed by atoms with Gasteiger partial charge >= 0.3 is 6.18 Å². The molecular formula is C10H14ClF3N2. The fourth-order valence-corrected chi connectivity index (χ4v) is 1.08. The van der Waals surface area contributed by atoms with Crippen LogP contribution in [0.5, 0.6) is 0 Å². The number of nitrogens with one attached hydrogen (secondary N) is 1. The summed E-state index contributed by atoms with van der Waals surface area (Å²) in [7, 11) is 0. The van der Waals surface area contributed by atoms with E-state index < -0.39 is 11.9 Å². The molecule has 0 unspecified atom stereocenters. The Hall–Kier alpha value is -0.970. The van der Waals surface area contributed by atoms with E-state index in [0.29, 0.717) is 6.54 Å². The number of alkyl halides is 3. The molecule has 0 saturated carbocycles. The van der Waals surface area contributed by atoms with Crippen molar-refractivity contribution in [1.82, 2.24) is 4.98 Å². The summed E-state index contributed by atoms with van der Waals surface area (Å²) in [6, 6.07) is 3.85. The van der Waals surface area contributed by atoms with E-state index >= 15 is 0 Å². The van der Waals surface area contributed by atoms with E-state index in [1.54, 1.807) is 0 Å². The Morgan fingerprint density at radius 2 is 2.00 bits per heavy atom. The molecule has 92 valence electrons. The summed E-state index contributed by atoms with van der Waals surface area (Å²) in [6.45, 7) is 2.66. The maximum Gasteiger partial charge on any atom is 0.433 e. The van der Waals surface area contributed by atoms with Crippen molar-refractivity contribution in [3.05, 3.63) is 23.9 Å². The van der Waals surface area contributed by atoms with Crippen molar-refractivity contribution in [2.24, 2.45) is 0 Å². The first-order valence-corrected chi connectivity index (χ1v) is 4.82. The number of aromatic nitrogens is 1. The number of unbranched alkanes of at least 4 members (excludes halogenated alkanes) is 1. The zero-order chi connectivity index (χ0) is 11.3.